The summed E-state index contributed by atoms with van der Waals surface area (Å²) in [6.07, 6.45) is 2.85. The van der Waals surface area contributed by atoms with E-state index in [2.05, 4.69) is 27.3 Å². The summed E-state index contributed by atoms with van der Waals surface area (Å²) in [6, 6.07) is 5.37. The minimum atomic E-state index is -0.335. The molecule has 1 aliphatic heterocycles. The number of likely N-dealkylation sites (N-methyl/N-ethyl adjacent to an activating group) is 1. The van der Waals surface area contributed by atoms with Gasteiger partial charge in [-0.25, -0.2) is 0 Å². The first-order chi connectivity index (χ1) is 12.5. The van der Waals surface area contributed by atoms with Crippen LogP contribution in [0.5, 0.6) is 0 Å². The monoisotopic (exact) mass is 359 g/mol. The lowest BCUT2D eigenvalue weighted by molar-refractivity contribution is -0.384. The SMILES string of the molecule is CNC(C)Cc1noc(-c2ccc(N3CCCC(C)C3)c([N+](=O)[O-])c2)n1. The van der Waals surface area contributed by atoms with Crippen molar-refractivity contribution in [3.63, 3.8) is 0 Å². The highest BCUT2D eigenvalue weighted by Gasteiger charge is 2.25. The molecule has 1 N–H and O–H groups in total. The number of nitro benzene ring substituents is 1. The van der Waals surface area contributed by atoms with Crippen LogP contribution in [0.15, 0.2) is 22.7 Å². The summed E-state index contributed by atoms with van der Waals surface area (Å²) in [5, 5.41) is 18.7. The predicted molar refractivity (Wildman–Crippen MR) is 99.2 cm³/mol. The zero-order valence-electron chi connectivity index (χ0n) is 15.4. The number of nitrogens with zero attached hydrogens (tertiary/aromatic N) is 4. The quantitative estimate of drug-likeness (QED) is 0.625. The zero-order chi connectivity index (χ0) is 18.7. The fourth-order valence-electron chi connectivity index (χ4n) is 3.31. The smallest absolute Gasteiger partial charge is 0.293 e. The Bertz CT molecular complexity index is 776. The van der Waals surface area contributed by atoms with Gasteiger partial charge in [-0.2, -0.15) is 4.98 Å². The van der Waals surface area contributed by atoms with Crippen LogP contribution in [0.2, 0.25) is 0 Å². The number of nitro groups is 1. The molecule has 1 aliphatic rings. The molecule has 0 radical (unpaired) electrons. The van der Waals surface area contributed by atoms with E-state index in [1.165, 1.54) is 6.07 Å². The van der Waals surface area contributed by atoms with Crippen molar-refractivity contribution in [1.82, 2.24) is 15.5 Å². The molecule has 0 bridgehead atoms. The summed E-state index contributed by atoms with van der Waals surface area (Å²) in [4.78, 5) is 17.8. The molecular weight excluding hydrogens is 334 g/mol. The number of hydrogen-bond acceptors (Lipinski definition) is 7. The van der Waals surface area contributed by atoms with E-state index in [1.54, 1.807) is 6.07 Å². The third-order valence-electron chi connectivity index (χ3n) is 4.87. The maximum absolute atomic E-state index is 11.6. The number of piperidine rings is 1. The van der Waals surface area contributed by atoms with Crippen LogP contribution in [-0.2, 0) is 6.42 Å². The van der Waals surface area contributed by atoms with Crippen molar-refractivity contribution in [2.45, 2.75) is 39.2 Å². The van der Waals surface area contributed by atoms with Crippen LogP contribution in [-0.4, -0.2) is 41.2 Å². The third-order valence-corrected chi connectivity index (χ3v) is 4.87. The first kappa shape index (κ1) is 18.3. The minimum absolute atomic E-state index is 0.0833. The van der Waals surface area contributed by atoms with E-state index in [0.717, 1.165) is 25.9 Å². The van der Waals surface area contributed by atoms with Crippen molar-refractivity contribution >= 4 is 11.4 Å². The van der Waals surface area contributed by atoms with E-state index in [4.69, 9.17) is 4.52 Å². The zero-order valence-corrected chi connectivity index (χ0v) is 15.4. The molecule has 0 saturated carbocycles. The van der Waals surface area contributed by atoms with Gasteiger partial charge in [0.05, 0.1) is 4.92 Å². The number of benzene rings is 1. The molecule has 8 nitrogen and oxygen atoms in total. The molecule has 2 heterocycles. The van der Waals surface area contributed by atoms with Gasteiger partial charge in [-0.05, 0) is 44.9 Å². The molecule has 140 valence electrons. The summed E-state index contributed by atoms with van der Waals surface area (Å²) < 4.78 is 5.31. The van der Waals surface area contributed by atoms with Gasteiger partial charge in [0.2, 0.25) is 0 Å². The molecule has 3 rings (SSSR count). The van der Waals surface area contributed by atoms with E-state index in [0.29, 0.717) is 35.3 Å². The molecule has 2 unspecified atom stereocenters. The summed E-state index contributed by atoms with van der Waals surface area (Å²) >= 11 is 0. The van der Waals surface area contributed by atoms with Crippen LogP contribution in [0.25, 0.3) is 11.5 Å². The van der Waals surface area contributed by atoms with Crippen molar-refractivity contribution < 1.29 is 9.45 Å². The van der Waals surface area contributed by atoms with Crippen molar-refractivity contribution in [3.05, 3.63) is 34.1 Å². The Kier molecular flexibility index (Phi) is 5.51. The van der Waals surface area contributed by atoms with Crippen LogP contribution in [0.1, 0.15) is 32.5 Å². The average Bonchev–Trinajstić information content (AvgIpc) is 3.09. The Balaban J connectivity index is 1.88. The van der Waals surface area contributed by atoms with E-state index >= 15 is 0 Å². The van der Waals surface area contributed by atoms with Gasteiger partial charge in [0.15, 0.2) is 5.82 Å². The maximum Gasteiger partial charge on any atom is 0.293 e. The number of anilines is 1. The second-order valence-electron chi connectivity index (χ2n) is 7.06. The van der Waals surface area contributed by atoms with Crippen LogP contribution < -0.4 is 10.2 Å². The highest BCUT2D eigenvalue weighted by Crippen LogP contribution is 2.34. The van der Waals surface area contributed by atoms with Gasteiger partial charge in [0.25, 0.3) is 11.6 Å². The lowest BCUT2D eigenvalue weighted by Gasteiger charge is -2.32. The first-order valence-electron chi connectivity index (χ1n) is 9.01. The van der Waals surface area contributed by atoms with Crippen LogP contribution in [0.4, 0.5) is 11.4 Å². The molecule has 2 aromatic rings. The predicted octanol–water partition coefficient (Wildman–Crippen LogP) is 3.03. The Morgan fingerprint density at radius 3 is 3.00 bits per heavy atom. The molecule has 1 aromatic carbocycles. The first-order valence-corrected chi connectivity index (χ1v) is 9.01. The largest absolute Gasteiger partial charge is 0.366 e. The number of nitrogens with one attached hydrogen (secondary N) is 1. The average molecular weight is 359 g/mol. The number of aromatic nitrogens is 2. The van der Waals surface area contributed by atoms with Gasteiger partial charge in [0, 0.05) is 37.2 Å². The molecule has 0 spiro atoms. The molecule has 2 atom stereocenters. The fraction of sp³-hybridized carbons (Fsp3) is 0.556. The molecule has 0 aliphatic carbocycles. The number of hydrogen-bond donors (Lipinski definition) is 1. The lowest BCUT2D eigenvalue weighted by Crippen LogP contribution is -2.34. The molecular formula is C18H25N5O3. The molecule has 1 fully saturated rings. The van der Waals surface area contributed by atoms with Crippen LogP contribution in [0, 0.1) is 16.0 Å². The lowest BCUT2D eigenvalue weighted by atomic mass is 9.99. The van der Waals surface area contributed by atoms with Gasteiger partial charge in [-0.15, -0.1) is 0 Å². The van der Waals surface area contributed by atoms with Gasteiger partial charge in [-0.3, -0.25) is 10.1 Å². The van der Waals surface area contributed by atoms with Crippen LogP contribution >= 0.6 is 0 Å². The van der Waals surface area contributed by atoms with Gasteiger partial charge in [0.1, 0.15) is 5.69 Å². The minimum Gasteiger partial charge on any atom is -0.366 e. The molecule has 8 heteroatoms. The molecule has 26 heavy (non-hydrogen) atoms. The third kappa shape index (κ3) is 4.01. The highest BCUT2D eigenvalue weighted by atomic mass is 16.6. The molecule has 1 saturated heterocycles. The second kappa shape index (κ2) is 7.82. The molecule has 1 aromatic heterocycles. The standard InChI is InChI=1S/C18H25N5O3/c1-12-5-4-8-22(11-12)15-7-6-14(10-16(15)23(24)25)18-20-17(21-26-18)9-13(2)19-3/h6-7,10,12-13,19H,4-5,8-9,11H2,1-3H3. The number of rotatable bonds is 6. The van der Waals surface area contributed by atoms with Crippen LogP contribution in [0.3, 0.4) is 0 Å². The second-order valence-corrected chi connectivity index (χ2v) is 7.06. The van der Waals surface area contributed by atoms with E-state index in [9.17, 15) is 10.1 Å². The van der Waals surface area contributed by atoms with E-state index in [1.807, 2.05) is 20.0 Å². The van der Waals surface area contributed by atoms with Gasteiger partial charge >= 0.3 is 0 Å². The van der Waals surface area contributed by atoms with Crippen molar-refractivity contribution in [2.24, 2.45) is 5.92 Å². The Hall–Kier alpha value is -2.48. The van der Waals surface area contributed by atoms with Gasteiger partial charge in [-0.1, -0.05) is 12.1 Å². The Morgan fingerprint density at radius 1 is 1.50 bits per heavy atom. The maximum atomic E-state index is 11.6. The highest BCUT2D eigenvalue weighted by molar-refractivity contribution is 5.71. The van der Waals surface area contributed by atoms with Crippen molar-refractivity contribution in [3.8, 4) is 11.5 Å². The Labute approximate surface area is 152 Å². The van der Waals surface area contributed by atoms with Gasteiger partial charge < -0.3 is 14.7 Å². The normalized spacial score (nSPS) is 18.7. The summed E-state index contributed by atoms with van der Waals surface area (Å²) in [6.45, 7) is 5.89. The van der Waals surface area contributed by atoms with Crippen molar-refractivity contribution in [1.29, 1.82) is 0 Å². The summed E-state index contributed by atoms with van der Waals surface area (Å²) in [5.41, 5.74) is 1.31. The molecule has 0 amide bonds. The van der Waals surface area contributed by atoms with E-state index in [-0.39, 0.29) is 16.7 Å². The summed E-state index contributed by atoms with van der Waals surface area (Å²) in [7, 11) is 1.87. The summed E-state index contributed by atoms with van der Waals surface area (Å²) in [5.74, 6) is 1.43. The Morgan fingerprint density at radius 2 is 2.31 bits per heavy atom. The fourth-order valence-corrected chi connectivity index (χ4v) is 3.31. The topological polar surface area (TPSA) is 97.3 Å². The van der Waals surface area contributed by atoms with Crippen molar-refractivity contribution in [2.75, 3.05) is 25.0 Å². The van der Waals surface area contributed by atoms with E-state index < -0.39 is 0 Å².